The molecule has 0 radical (unpaired) electrons. The minimum atomic E-state index is 0.364. The molecule has 2 rings (SSSR count). The van der Waals surface area contributed by atoms with E-state index in [0.29, 0.717) is 6.10 Å². The van der Waals surface area contributed by atoms with Crippen LogP contribution in [-0.2, 0) is 0 Å². The second-order valence-corrected chi connectivity index (χ2v) is 5.69. The first-order valence-corrected chi connectivity index (χ1v) is 6.73. The van der Waals surface area contributed by atoms with Crippen molar-refractivity contribution in [2.45, 2.75) is 45.6 Å². The van der Waals surface area contributed by atoms with E-state index < -0.39 is 0 Å². The molecule has 0 amide bonds. The first-order valence-electron chi connectivity index (χ1n) is 5.94. The van der Waals surface area contributed by atoms with Gasteiger partial charge in [-0.25, -0.2) is 4.98 Å². The van der Waals surface area contributed by atoms with Crippen LogP contribution < -0.4 is 4.74 Å². The maximum absolute atomic E-state index is 5.96. The van der Waals surface area contributed by atoms with E-state index in [1.807, 2.05) is 13.0 Å². The summed E-state index contributed by atoms with van der Waals surface area (Å²) in [6.45, 7) is 4.36. The minimum Gasteiger partial charge on any atom is -0.474 e. The Balaban J connectivity index is 1.98. The Morgan fingerprint density at radius 2 is 2.00 bits per heavy atom. The molecule has 88 valence electrons. The average Bonchev–Trinajstić information content (AvgIpc) is 2.25. The van der Waals surface area contributed by atoms with Gasteiger partial charge in [0.25, 0.3) is 0 Å². The molecule has 0 N–H and O–H groups in total. The number of halogens is 1. The molecular formula is C13H18BrNO. The van der Waals surface area contributed by atoms with Crippen molar-refractivity contribution in [3.63, 3.8) is 0 Å². The van der Waals surface area contributed by atoms with Crippen molar-refractivity contribution >= 4 is 15.9 Å². The number of hydrogen-bond donors (Lipinski definition) is 0. The summed E-state index contributed by atoms with van der Waals surface area (Å²) in [5.74, 6) is 1.65. The summed E-state index contributed by atoms with van der Waals surface area (Å²) in [5, 5.41) is 0. The molecule has 0 bridgehead atoms. The van der Waals surface area contributed by atoms with Gasteiger partial charge in [-0.15, -0.1) is 0 Å². The van der Waals surface area contributed by atoms with Crippen molar-refractivity contribution in [2.24, 2.45) is 5.92 Å². The van der Waals surface area contributed by atoms with Gasteiger partial charge in [-0.2, -0.15) is 0 Å². The number of pyridine rings is 1. The van der Waals surface area contributed by atoms with Crippen LogP contribution in [0.3, 0.4) is 0 Å². The largest absolute Gasteiger partial charge is 0.474 e. The van der Waals surface area contributed by atoms with Crippen LogP contribution in [0.4, 0.5) is 0 Å². The zero-order chi connectivity index (χ0) is 11.5. The van der Waals surface area contributed by atoms with Crippen molar-refractivity contribution in [1.29, 1.82) is 0 Å². The molecule has 0 saturated heterocycles. The first-order chi connectivity index (χ1) is 7.65. The van der Waals surface area contributed by atoms with Crippen LogP contribution in [0, 0.1) is 12.8 Å². The van der Waals surface area contributed by atoms with Gasteiger partial charge in [0.05, 0.1) is 0 Å². The lowest BCUT2D eigenvalue weighted by Gasteiger charge is -2.26. The summed E-state index contributed by atoms with van der Waals surface area (Å²) < 4.78 is 6.97. The molecule has 0 unspecified atom stereocenters. The highest BCUT2D eigenvalue weighted by Crippen LogP contribution is 2.28. The van der Waals surface area contributed by atoms with Gasteiger partial charge < -0.3 is 4.74 Å². The van der Waals surface area contributed by atoms with Gasteiger partial charge in [0, 0.05) is 16.2 Å². The third-order valence-corrected chi connectivity index (χ3v) is 3.67. The molecule has 3 heteroatoms. The predicted molar refractivity (Wildman–Crippen MR) is 68.7 cm³/mol. The molecule has 0 atom stereocenters. The normalized spacial score (nSPS) is 25.4. The van der Waals surface area contributed by atoms with Gasteiger partial charge >= 0.3 is 0 Å². The number of aromatic nitrogens is 1. The van der Waals surface area contributed by atoms with E-state index in [9.17, 15) is 0 Å². The molecule has 0 aromatic carbocycles. The average molecular weight is 284 g/mol. The molecule has 1 aromatic heterocycles. The molecule has 1 fully saturated rings. The van der Waals surface area contributed by atoms with Crippen LogP contribution in [-0.4, -0.2) is 11.1 Å². The predicted octanol–water partition coefficient (Wildman–Crippen LogP) is 4.11. The molecule has 1 aromatic rings. The fourth-order valence-electron chi connectivity index (χ4n) is 2.16. The summed E-state index contributed by atoms with van der Waals surface area (Å²) in [6.07, 6.45) is 7.05. The highest BCUT2D eigenvalue weighted by Gasteiger charge is 2.20. The van der Waals surface area contributed by atoms with E-state index in [0.717, 1.165) is 21.8 Å². The van der Waals surface area contributed by atoms with E-state index in [2.05, 4.69) is 27.8 Å². The Bertz CT molecular complexity index is 359. The van der Waals surface area contributed by atoms with Crippen molar-refractivity contribution in [3.8, 4) is 5.88 Å². The minimum absolute atomic E-state index is 0.364. The highest BCUT2D eigenvalue weighted by molar-refractivity contribution is 9.10. The summed E-state index contributed by atoms with van der Waals surface area (Å²) in [7, 11) is 0. The van der Waals surface area contributed by atoms with Crippen molar-refractivity contribution in [3.05, 3.63) is 22.3 Å². The summed E-state index contributed by atoms with van der Waals surface area (Å²) >= 11 is 3.41. The van der Waals surface area contributed by atoms with Crippen molar-refractivity contribution in [1.82, 2.24) is 4.98 Å². The number of hydrogen-bond acceptors (Lipinski definition) is 2. The molecule has 0 aliphatic heterocycles. The molecule has 1 aliphatic carbocycles. The summed E-state index contributed by atoms with van der Waals surface area (Å²) in [4.78, 5) is 4.32. The van der Waals surface area contributed by atoms with E-state index in [-0.39, 0.29) is 0 Å². The fourth-order valence-corrected chi connectivity index (χ4v) is 2.60. The summed E-state index contributed by atoms with van der Waals surface area (Å²) in [5.41, 5.74) is 1.10. The van der Waals surface area contributed by atoms with E-state index >= 15 is 0 Å². The zero-order valence-electron chi connectivity index (χ0n) is 9.87. The number of aryl methyl sites for hydroxylation is 1. The Kier molecular flexibility index (Phi) is 3.85. The monoisotopic (exact) mass is 283 g/mol. The van der Waals surface area contributed by atoms with Crippen LogP contribution in [0.5, 0.6) is 5.88 Å². The third-order valence-electron chi connectivity index (χ3n) is 3.24. The van der Waals surface area contributed by atoms with Gasteiger partial charge in [0.15, 0.2) is 0 Å². The van der Waals surface area contributed by atoms with Gasteiger partial charge in [-0.05, 0) is 60.5 Å². The maximum atomic E-state index is 5.96. The van der Waals surface area contributed by atoms with Gasteiger partial charge in [-0.1, -0.05) is 6.92 Å². The SMILES string of the molecule is Cc1cc(Br)cnc1OC1CCC(C)CC1. The number of nitrogens with zero attached hydrogens (tertiary/aromatic N) is 1. The Morgan fingerprint density at radius 3 is 2.62 bits per heavy atom. The van der Waals surface area contributed by atoms with Crippen LogP contribution in [0.25, 0.3) is 0 Å². The van der Waals surface area contributed by atoms with Crippen LogP contribution in [0.1, 0.15) is 38.2 Å². The quantitative estimate of drug-likeness (QED) is 0.815. The molecular weight excluding hydrogens is 266 g/mol. The van der Waals surface area contributed by atoms with Gasteiger partial charge in [0.1, 0.15) is 6.10 Å². The van der Waals surface area contributed by atoms with Crippen molar-refractivity contribution < 1.29 is 4.74 Å². The van der Waals surface area contributed by atoms with E-state index in [4.69, 9.17) is 4.74 Å². The molecule has 2 nitrogen and oxygen atoms in total. The van der Waals surface area contributed by atoms with Gasteiger partial charge in [0.2, 0.25) is 5.88 Å². The Labute approximate surface area is 106 Å². The first kappa shape index (κ1) is 11.9. The second kappa shape index (κ2) is 5.17. The topological polar surface area (TPSA) is 22.1 Å². The second-order valence-electron chi connectivity index (χ2n) is 4.78. The number of rotatable bonds is 2. The molecule has 1 aliphatic rings. The molecule has 1 saturated carbocycles. The van der Waals surface area contributed by atoms with Crippen LogP contribution in [0.2, 0.25) is 0 Å². The van der Waals surface area contributed by atoms with Gasteiger partial charge in [-0.3, -0.25) is 0 Å². The lowest BCUT2D eigenvalue weighted by atomic mass is 9.89. The standard InChI is InChI=1S/C13H18BrNO/c1-9-3-5-12(6-4-9)16-13-10(2)7-11(14)8-15-13/h7-9,12H,3-6H2,1-2H3. The molecule has 16 heavy (non-hydrogen) atoms. The maximum Gasteiger partial charge on any atom is 0.216 e. The van der Waals surface area contributed by atoms with Crippen molar-refractivity contribution in [2.75, 3.05) is 0 Å². The van der Waals surface area contributed by atoms with Crippen LogP contribution in [0.15, 0.2) is 16.7 Å². The number of ether oxygens (including phenoxy) is 1. The van der Waals surface area contributed by atoms with E-state index in [1.165, 1.54) is 25.7 Å². The smallest absolute Gasteiger partial charge is 0.216 e. The zero-order valence-corrected chi connectivity index (χ0v) is 11.5. The Hall–Kier alpha value is -0.570. The molecule has 0 spiro atoms. The van der Waals surface area contributed by atoms with E-state index in [1.54, 1.807) is 6.20 Å². The Morgan fingerprint density at radius 1 is 1.31 bits per heavy atom. The third kappa shape index (κ3) is 2.97. The lowest BCUT2D eigenvalue weighted by Crippen LogP contribution is -2.23. The fraction of sp³-hybridized carbons (Fsp3) is 0.615. The highest BCUT2D eigenvalue weighted by atomic mass is 79.9. The van der Waals surface area contributed by atoms with Crippen LogP contribution >= 0.6 is 15.9 Å². The summed E-state index contributed by atoms with van der Waals surface area (Å²) in [6, 6.07) is 2.05. The lowest BCUT2D eigenvalue weighted by molar-refractivity contribution is 0.129. The molecule has 1 heterocycles.